The van der Waals surface area contributed by atoms with E-state index >= 15 is 0 Å². The van der Waals surface area contributed by atoms with Gasteiger partial charge in [0.05, 0.1) is 11.4 Å². The number of thiazole rings is 2. The molecule has 0 fully saturated rings. The number of imidazole rings is 1. The van der Waals surface area contributed by atoms with Gasteiger partial charge >= 0.3 is 0 Å². The average Bonchev–Trinajstić information content (AvgIpc) is 3.07. The van der Waals surface area contributed by atoms with Crippen molar-refractivity contribution in [2.24, 2.45) is 0 Å². The number of nitrogens with zero attached hydrogens (tertiary/aromatic N) is 3. The number of nitrogens with one attached hydrogen (secondary N) is 1. The molecule has 0 radical (unpaired) electrons. The first-order valence-electron chi connectivity index (χ1n) is 6.33. The van der Waals surface area contributed by atoms with Crippen LogP contribution in [0.5, 0.6) is 0 Å². The fourth-order valence-corrected chi connectivity index (χ4v) is 3.65. The van der Waals surface area contributed by atoms with Crippen LogP contribution in [0.1, 0.15) is 28.2 Å². The van der Waals surface area contributed by atoms with E-state index in [1.165, 1.54) is 10.6 Å². The van der Waals surface area contributed by atoms with E-state index < -0.39 is 0 Å². The SMILES string of the molecule is CCc1cnc(CNCc2c(C)nc3sccn23)s1. The number of hydrogen-bond donors (Lipinski definition) is 1. The highest BCUT2D eigenvalue weighted by Crippen LogP contribution is 2.17. The zero-order valence-electron chi connectivity index (χ0n) is 11.0. The second-order valence-electron chi connectivity index (χ2n) is 4.38. The summed E-state index contributed by atoms with van der Waals surface area (Å²) in [7, 11) is 0. The average molecular weight is 292 g/mol. The molecule has 0 atom stereocenters. The van der Waals surface area contributed by atoms with Gasteiger partial charge in [0.25, 0.3) is 0 Å². The Hall–Kier alpha value is -1.24. The normalized spacial score (nSPS) is 11.5. The summed E-state index contributed by atoms with van der Waals surface area (Å²) in [5.41, 5.74) is 2.34. The first kappa shape index (κ1) is 12.8. The molecule has 0 spiro atoms. The molecule has 4 nitrogen and oxygen atoms in total. The molecular weight excluding hydrogens is 276 g/mol. The van der Waals surface area contributed by atoms with Crippen molar-refractivity contribution in [1.29, 1.82) is 0 Å². The summed E-state index contributed by atoms with van der Waals surface area (Å²) < 4.78 is 2.16. The molecule has 1 N–H and O–H groups in total. The van der Waals surface area contributed by atoms with Crippen molar-refractivity contribution in [3.05, 3.63) is 39.0 Å². The molecule has 0 aromatic carbocycles. The van der Waals surface area contributed by atoms with Gasteiger partial charge in [0.15, 0.2) is 4.96 Å². The highest BCUT2D eigenvalue weighted by molar-refractivity contribution is 7.15. The topological polar surface area (TPSA) is 42.2 Å². The smallest absolute Gasteiger partial charge is 0.194 e. The minimum absolute atomic E-state index is 0.821. The van der Waals surface area contributed by atoms with Crippen LogP contribution >= 0.6 is 22.7 Å². The van der Waals surface area contributed by atoms with Gasteiger partial charge in [0, 0.05) is 35.7 Å². The maximum atomic E-state index is 4.54. The summed E-state index contributed by atoms with van der Waals surface area (Å²) >= 11 is 3.46. The molecule has 0 aliphatic heterocycles. The van der Waals surface area contributed by atoms with Crippen LogP contribution in [-0.4, -0.2) is 14.4 Å². The van der Waals surface area contributed by atoms with Gasteiger partial charge in [-0.25, -0.2) is 9.97 Å². The zero-order valence-corrected chi connectivity index (χ0v) is 12.6. The Balaban J connectivity index is 1.65. The van der Waals surface area contributed by atoms with E-state index in [4.69, 9.17) is 0 Å². The first-order chi connectivity index (χ1) is 9.28. The Morgan fingerprint density at radius 2 is 2.26 bits per heavy atom. The summed E-state index contributed by atoms with van der Waals surface area (Å²) in [6, 6.07) is 0. The van der Waals surface area contributed by atoms with Crippen LogP contribution in [0.3, 0.4) is 0 Å². The summed E-state index contributed by atoms with van der Waals surface area (Å²) in [4.78, 5) is 11.4. The molecule has 0 saturated carbocycles. The van der Waals surface area contributed by atoms with Gasteiger partial charge < -0.3 is 5.32 Å². The van der Waals surface area contributed by atoms with E-state index in [1.807, 2.05) is 6.20 Å². The van der Waals surface area contributed by atoms with Crippen molar-refractivity contribution in [2.75, 3.05) is 0 Å². The van der Waals surface area contributed by atoms with Crippen LogP contribution in [-0.2, 0) is 19.5 Å². The Bertz CT molecular complexity index is 680. The third kappa shape index (κ3) is 2.56. The molecule has 0 amide bonds. The van der Waals surface area contributed by atoms with Gasteiger partial charge in [-0.15, -0.1) is 22.7 Å². The number of hydrogen-bond acceptors (Lipinski definition) is 5. The predicted molar refractivity (Wildman–Crippen MR) is 79.8 cm³/mol. The highest BCUT2D eigenvalue weighted by atomic mass is 32.1. The summed E-state index contributed by atoms with van der Waals surface area (Å²) in [6.07, 6.45) is 5.12. The molecule has 3 rings (SSSR count). The van der Waals surface area contributed by atoms with Crippen molar-refractivity contribution in [2.45, 2.75) is 33.4 Å². The maximum absolute atomic E-state index is 4.54. The number of rotatable bonds is 5. The fraction of sp³-hybridized carbons (Fsp3) is 0.385. The maximum Gasteiger partial charge on any atom is 0.194 e. The van der Waals surface area contributed by atoms with Crippen LogP contribution < -0.4 is 5.32 Å². The van der Waals surface area contributed by atoms with E-state index in [9.17, 15) is 0 Å². The Kier molecular flexibility index (Phi) is 3.63. The van der Waals surface area contributed by atoms with Crippen molar-refractivity contribution >= 4 is 27.6 Å². The van der Waals surface area contributed by atoms with E-state index in [0.717, 1.165) is 35.2 Å². The lowest BCUT2D eigenvalue weighted by molar-refractivity contribution is 0.670. The zero-order chi connectivity index (χ0) is 13.2. The minimum atomic E-state index is 0.821. The second-order valence-corrected chi connectivity index (χ2v) is 6.45. The monoisotopic (exact) mass is 292 g/mol. The Morgan fingerprint density at radius 1 is 1.37 bits per heavy atom. The van der Waals surface area contributed by atoms with Crippen LogP contribution in [0.15, 0.2) is 17.8 Å². The molecule has 0 unspecified atom stereocenters. The van der Waals surface area contributed by atoms with Crippen LogP contribution in [0.2, 0.25) is 0 Å². The molecule has 3 aromatic heterocycles. The van der Waals surface area contributed by atoms with E-state index in [1.54, 1.807) is 22.7 Å². The fourth-order valence-electron chi connectivity index (χ4n) is 2.03. The van der Waals surface area contributed by atoms with Crippen molar-refractivity contribution in [3.8, 4) is 0 Å². The van der Waals surface area contributed by atoms with Gasteiger partial charge in [-0.2, -0.15) is 0 Å². The molecule has 0 aliphatic carbocycles. The molecule has 6 heteroatoms. The molecule has 3 aromatic rings. The number of aryl methyl sites for hydroxylation is 2. The van der Waals surface area contributed by atoms with Crippen molar-refractivity contribution in [1.82, 2.24) is 19.7 Å². The first-order valence-corrected chi connectivity index (χ1v) is 8.03. The summed E-state index contributed by atoms with van der Waals surface area (Å²) in [6.45, 7) is 5.87. The predicted octanol–water partition coefficient (Wildman–Crippen LogP) is 3.01. The third-order valence-electron chi connectivity index (χ3n) is 3.08. The lowest BCUT2D eigenvalue weighted by Crippen LogP contribution is -2.14. The van der Waals surface area contributed by atoms with Gasteiger partial charge in [-0.1, -0.05) is 6.92 Å². The van der Waals surface area contributed by atoms with Crippen molar-refractivity contribution in [3.63, 3.8) is 0 Å². The second kappa shape index (κ2) is 5.40. The van der Waals surface area contributed by atoms with Crippen LogP contribution in [0.4, 0.5) is 0 Å². The van der Waals surface area contributed by atoms with Crippen LogP contribution in [0, 0.1) is 6.92 Å². The Labute approximate surface area is 120 Å². The molecular formula is C13H16N4S2. The largest absolute Gasteiger partial charge is 0.305 e. The van der Waals surface area contributed by atoms with Gasteiger partial charge in [0.2, 0.25) is 0 Å². The van der Waals surface area contributed by atoms with E-state index in [0.29, 0.717) is 0 Å². The minimum Gasteiger partial charge on any atom is -0.305 e. The molecule has 19 heavy (non-hydrogen) atoms. The molecule has 3 heterocycles. The van der Waals surface area contributed by atoms with Gasteiger partial charge in [-0.05, 0) is 13.3 Å². The lowest BCUT2D eigenvalue weighted by Gasteiger charge is -2.02. The standard InChI is InChI=1S/C13H16N4S2/c1-3-10-6-15-12(19-10)8-14-7-11-9(2)16-13-17(11)4-5-18-13/h4-6,14H,3,7-8H2,1-2H3. The number of aromatic nitrogens is 3. The van der Waals surface area contributed by atoms with Crippen LogP contribution in [0.25, 0.3) is 4.96 Å². The van der Waals surface area contributed by atoms with Crippen molar-refractivity contribution < 1.29 is 0 Å². The quantitative estimate of drug-likeness (QED) is 0.786. The van der Waals surface area contributed by atoms with E-state index in [-0.39, 0.29) is 0 Å². The summed E-state index contributed by atoms with van der Waals surface area (Å²) in [5.74, 6) is 0. The lowest BCUT2D eigenvalue weighted by atomic mass is 10.3. The number of fused-ring (bicyclic) bond motifs is 1. The molecule has 0 bridgehead atoms. The molecule has 0 aliphatic rings. The summed E-state index contributed by atoms with van der Waals surface area (Å²) in [5, 5.41) is 6.68. The highest BCUT2D eigenvalue weighted by Gasteiger charge is 2.09. The van der Waals surface area contributed by atoms with Gasteiger partial charge in [0.1, 0.15) is 5.01 Å². The van der Waals surface area contributed by atoms with Gasteiger partial charge in [-0.3, -0.25) is 4.40 Å². The van der Waals surface area contributed by atoms with E-state index in [2.05, 4.69) is 45.1 Å². The molecule has 0 saturated heterocycles. The third-order valence-corrected chi connectivity index (χ3v) is 4.98. The Morgan fingerprint density at radius 3 is 3.05 bits per heavy atom. The molecule has 100 valence electrons.